The van der Waals surface area contributed by atoms with Crippen molar-refractivity contribution in [1.29, 1.82) is 0 Å². The molecule has 0 aliphatic heterocycles. The van der Waals surface area contributed by atoms with Crippen LogP contribution in [0.25, 0.3) is 5.69 Å². The van der Waals surface area contributed by atoms with Crippen molar-refractivity contribution in [1.82, 2.24) is 14.1 Å². The van der Waals surface area contributed by atoms with Gasteiger partial charge in [-0.25, -0.2) is 9.36 Å². The molecule has 0 spiro atoms. The molecule has 1 N–H and O–H groups in total. The van der Waals surface area contributed by atoms with Gasteiger partial charge >= 0.3 is 11.2 Å². The Morgan fingerprint density at radius 1 is 1.13 bits per heavy atom. The first-order valence-corrected chi connectivity index (χ1v) is 10.1. The summed E-state index contributed by atoms with van der Waals surface area (Å²) in [4.78, 5) is 19.2. The molecule has 160 valence electrons. The molecule has 0 amide bonds. The van der Waals surface area contributed by atoms with Crippen molar-refractivity contribution in [2.24, 2.45) is 0 Å². The van der Waals surface area contributed by atoms with Gasteiger partial charge in [0, 0.05) is 24.2 Å². The highest BCUT2D eigenvalue weighted by Crippen LogP contribution is 2.37. The molecule has 0 fully saturated rings. The first kappa shape index (κ1) is 21.8. The monoisotopic (exact) mass is 438 g/mol. The van der Waals surface area contributed by atoms with E-state index in [4.69, 9.17) is 0 Å². The van der Waals surface area contributed by atoms with Gasteiger partial charge in [0.2, 0.25) is 5.88 Å². The van der Waals surface area contributed by atoms with Gasteiger partial charge in [0.25, 0.3) is 0 Å². The number of aromatic hydroxyl groups is 1. The van der Waals surface area contributed by atoms with E-state index in [-0.39, 0.29) is 34.8 Å². The largest absolute Gasteiger partial charge is 0.493 e. The highest BCUT2D eigenvalue weighted by atomic mass is 32.2. The average Bonchev–Trinajstić information content (AvgIpc) is 2.97. The second kappa shape index (κ2) is 8.86. The zero-order valence-corrected chi connectivity index (χ0v) is 17.2. The Morgan fingerprint density at radius 3 is 2.40 bits per heavy atom. The summed E-state index contributed by atoms with van der Waals surface area (Å²) in [7, 11) is 0. The van der Waals surface area contributed by atoms with Crippen LogP contribution in [-0.4, -0.2) is 37.8 Å². The molecular weight excluding hydrogens is 417 g/mol. The number of anilines is 1. The second-order valence-corrected chi connectivity index (χ2v) is 7.59. The van der Waals surface area contributed by atoms with Crippen molar-refractivity contribution in [3.8, 4) is 11.6 Å². The molecule has 0 saturated carbocycles. The van der Waals surface area contributed by atoms with Gasteiger partial charge in [0.1, 0.15) is 0 Å². The molecule has 6 nitrogen and oxygen atoms in total. The predicted octanol–water partition coefficient (Wildman–Crippen LogP) is 4.25. The molecule has 0 aliphatic rings. The first-order chi connectivity index (χ1) is 14.2. The molecule has 0 bridgehead atoms. The van der Waals surface area contributed by atoms with Crippen molar-refractivity contribution in [2.45, 2.75) is 30.8 Å². The Labute approximate surface area is 175 Å². The number of hydrogen-bond donors (Lipinski definition) is 1. The van der Waals surface area contributed by atoms with E-state index in [1.807, 2.05) is 19.9 Å². The molecule has 3 rings (SSSR count). The van der Waals surface area contributed by atoms with E-state index in [9.17, 15) is 23.1 Å². The van der Waals surface area contributed by atoms with Gasteiger partial charge in [-0.2, -0.15) is 13.2 Å². The Hall–Kier alpha value is -2.88. The first-order valence-electron chi connectivity index (χ1n) is 9.28. The summed E-state index contributed by atoms with van der Waals surface area (Å²) < 4.78 is 39.9. The minimum absolute atomic E-state index is 0.00104. The third-order valence-electron chi connectivity index (χ3n) is 4.60. The predicted molar refractivity (Wildman–Crippen MR) is 111 cm³/mol. The van der Waals surface area contributed by atoms with E-state index in [1.54, 1.807) is 12.4 Å². The van der Waals surface area contributed by atoms with Crippen LogP contribution in [0.3, 0.4) is 0 Å². The van der Waals surface area contributed by atoms with E-state index in [0.717, 1.165) is 28.9 Å². The number of benzene rings is 1. The zero-order chi connectivity index (χ0) is 21.9. The quantitative estimate of drug-likeness (QED) is 0.559. The lowest BCUT2D eigenvalue weighted by Gasteiger charge is -2.23. The van der Waals surface area contributed by atoms with Crippen LogP contribution in [0, 0.1) is 0 Å². The van der Waals surface area contributed by atoms with E-state index >= 15 is 0 Å². The van der Waals surface area contributed by atoms with Gasteiger partial charge < -0.3 is 10.0 Å². The Balaban J connectivity index is 1.92. The number of alkyl halides is 3. The fraction of sp³-hybridized carbons (Fsp3) is 0.300. The Bertz CT molecular complexity index is 1060. The van der Waals surface area contributed by atoms with Crippen LogP contribution >= 0.6 is 11.8 Å². The smallest absolute Gasteiger partial charge is 0.446 e. The van der Waals surface area contributed by atoms with Crippen molar-refractivity contribution < 1.29 is 18.3 Å². The third kappa shape index (κ3) is 4.81. The van der Waals surface area contributed by atoms with E-state index in [0.29, 0.717) is 0 Å². The molecule has 10 heteroatoms. The van der Waals surface area contributed by atoms with Gasteiger partial charge in [-0.15, -0.1) is 0 Å². The summed E-state index contributed by atoms with van der Waals surface area (Å²) in [5.74, 6) is -0.297. The van der Waals surface area contributed by atoms with E-state index in [1.165, 1.54) is 35.0 Å². The molecule has 0 aliphatic carbocycles. The fourth-order valence-electron chi connectivity index (χ4n) is 3.21. The summed E-state index contributed by atoms with van der Waals surface area (Å²) in [6.45, 7) is 5.82. The van der Waals surface area contributed by atoms with Crippen LogP contribution in [0.2, 0.25) is 0 Å². The SMILES string of the molecule is CCN(CC)c1cnccc1Cn1cc(O)n(-c2ccc(SC(F)(F)F)cc2)c1=O. The third-order valence-corrected chi connectivity index (χ3v) is 5.34. The summed E-state index contributed by atoms with van der Waals surface area (Å²) in [6, 6.07) is 7.08. The average molecular weight is 438 g/mol. The van der Waals surface area contributed by atoms with Gasteiger partial charge in [-0.3, -0.25) is 9.55 Å². The normalized spacial score (nSPS) is 11.6. The number of thioether (sulfide) groups is 1. The lowest BCUT2D eigenvalue weighted by atomic mass is 10.2. The van der Waals surface area contributed by atoms with Crippen LogP contribution in [0.15, 0.2) is 58.6 Å². The number of halogens is 3. The molecule has 2 heterocycles. The van der Waals surface area contributed by atoms with Gasteiger partial charge in [-0.1, -0.05) is 0 Å². The zero-order valence-electron chi connectivity index (χ0n) is 16.4. The van der Waals surface area contributed by atoms with Crippen molar-refractivity contribution in [2.75, 3.05) is 18.0 Å². The lowest BCUT2D eigenvalue weighted by molar-refractivity contribution is -0.0328. The molecule has 0 atom stereocenters. The minimum atomic E-state index is -4.39. The van der Waals surface area contributed by atoms with Crippen LogP contribution in [-0.2, 0) is 6.54 Å². The van der Waals surface area contributed by atoms with Crippen molar-refractivity contribution in [3.63, 3.8) is 0 Å². The number of nitrogens with zero attached hydrogens (tertiary/aromatic N) is 4. The maximum Gasteiger partial charge on any atom is 0.446 e. The molecule has 2 aromatic heterocycles. The van der Waals surface area contributed by atoms with E-state index in [2.05, 4.69) is 9.88 Å². The van der Waals surface area contributed by atoms with Crippen LogP contribution in [0.5, 0.6) is 5.88 Å². The maximum atomic E-state index is 12.9. The molecule has 0 unspecified atom stereocenters. The fourth-order valence-corrected chi connectivity index (χ4v) is 3.75. The maximum absolute atomic E-state index is 12.9. The Kier molecular flexibility index (Phi) is 6.45. The van der Waals surface area contributed by atoms with Crippen molar-refractivity contribution >= 4 is 17.4 Å². The standard InChI is InChI=1S/C20H21F3N4O2S/c1-3-25(4-2)17-11-24-10-9-14(17)12-26-13-18(28)27(19(26)29)15-5-7-16(8-6-15)30-20(21,22)23/h5-11,13,28H,3-4,12H2,1-2H3. The number of pyridine rings is 1. The molecule has 30 heavy (non-hydrogen) atoms. The summed E-state index contributed by atoms with van der Waals surface area (Å²) in [5.41, 5.74) is -2.84. The number of imidazole rings is 1. The van der Waals surface area contributed by atoms with Crippen LogP contribution < -0.4 is 10.6 Å². The molecule has 1 aromatic carbocycles. The van der Waals surface area contributed by atoms with Gasteiger partial charge in [-0.05, 0) is 61.5 Å². The summed E-state index contributed by atoms with van der Waals surface area (Å²) >= 11 is -0.237. The molecule has 0 radical (unpaired) electrons. The number of rotatable bonds is 7. The highest BCUT2D eigenvalue weighted by molar-refractivity contribution is 8.00. The van der Waals surface area contributed by atoms with Gasteiger partial charge in [0.05, 0.1) is 30.3 Å². The second-order valence-electron chi connectivity index (χ2n) is 6.45. The summed E-state index contributed by atoms with van der Waals surface area (Å²) in [6.07, 6.45) is 4.69. The Morgan fingerprint density at radius 2 is 1.80 bits per heavy atom. The van der Waals surface area contributed by atoms with Crippen LogP contribution in [0.4, 0.5) is 18.9 Å². The van der Waals surface area contributed by atoms with E-state index < -0.39 is 11.2 Å². The lowest BCUT2D eigenvalue weighted by Crippen LogP contribution is -2.26. The summed E-state index contributed by atoms with van der Waals surface area (Å²) in [5, 5.41) is 10.3. The highest BCUT2D eigenvalue weighted by Gasteiger charge is 2.29. The number of aromatic nitrogens is 3. The van der Waals surface area contributed by atoms with Crippen LogP contribution in [0.1, 0.15) is 19.4 Å². The molecule has 3 aromatic rings. The topological polar surface area (TPSA) is 63.3 Å². The van der Waals surface area contributed by atoms with Gasteiger partial charge in [0.15, 0.2) is 0 Å². The molecular formula is C20H21F3N4O2S. The molecule has 0 saturated heterocycles. The minimum Gasteiger partial charge on any atom is -0.493 e. The van der Waals surface area contributed by atoms with Crippen molar-refractivity contribution in [3.05, 3.63) is 65.0 Å². The number of hydrogen-bond acceptors (Lipinski definition) is 5.